The SMILES string of the molecule is CCCOc1ccccc1C=CC(=O)Nc1ccc(C(=O)OC)cc1. The lowest BCUT2D eigenvalue weighted by atomic mass is 10.2. The van der Waals surface area contributed by atoms with Crippen molar-refractivity contribution in [3.05, 3.63) is 65.7 Å². The highest BCUT2D eigenvalue weighted by Crippen LogP contribution is 2.19. The number of hydrogen-bond donors (Lipinski definition) is 1. The average Bonchev–Trinajstić information content (AvgIpc) is 2.65. The third-order valence-electron chi connectivity index (χ3n) is 3.37. The van der Waals surface area contributed by atoms with Crippen LogP contribution in [-0.4, -0.2) is 25.6 Å². The molecule has 0 unspecified atom stereocenters. The second kappa shape index (κ2) is 9.27. The number of amides is 1. The molecule has 0 radical (unpaired) electrons. The van der Waals surface area contributed by atoms with E-state index in [9.17, 15) is 9.59 Å². The van der Waals surface area contributed by atoms with Crippen LogP contribution in [0.25, 0.3) is 6.08 Å². The number of hydrogen-bond acceptors (Lipinski definition) is 4. The van der Waals surface area contributed by atoms with Gasteiger partial charge in [-0.3, -0.25) is 4.79 Å². The summed E-state index contributed by atoms with van der Waals surface area (Å²) in [6, 6.07) is 14.0. The third-order valence-corrected chi connectivity index (χ3v) is 3.37. The molecule has 2 aromatic carbocycles. The van der Waals surface area contributed by atoms with Crippen LogP contribution in [0.5, 0.6) is 5.75 Å². The number of carbonyl (C=O) groups is 2. The summed E-state index contributed by atoms with van der Waals surface area (Å²) in [6.07, 6.45) is 4.08. The quantitative estimate of drug-likeness (QED) is 0.613. The number of carbonyl (C=O) groups excluding carboxylic acids is 2. The smallest absolute Gasteiger partial charge is 0.337 e. The predicted octanol–water partition coefficient (Wildman–Crippen LogP) is 3.91. The minimum atomic E-state index is -0.415. The highest BCUT2D eigenvalue weighted by molar-refractivity contribution is 6.02. The highest BCUT2D eigenvalue weighted by Gasteiger charge is 2.05. The van der Waals surface area contributed by atoms with Gasteiger partial charge in [-0.2, -0.15) is 0 Å². The minimum absolute atomic E-state index is 0.267. The van der Waals surface area contributed by atoms with Gasteiger partial charge in [0.05, 0.1) is 19.3 Å². The summed E-state index contributed by atoms with van der Waals surface area (Å²) in [5.74, 6) is 0.0633. The van der Waals surface area contributed by atoms with Crippen molar-refractivity contribution in [2.45, 2.75) is 13.3 Å². The Hall–Kier alpha value is -3.08. The Morgan fingerprint density at radius 3 is 2.48 bits per heavy atom. The van der Waals surface area contributed by atoms with E-state index < -0.39 is 5.97 Å². The molecule has 5 nitrogen and oxygen atoms in total. The van der Waals surface area contributed by atoms with Gasteiger partial charge in [-0.15, -0.1) is 0 Å². The normalized spacial score (nSPS) is 10.5. The fourth-order valence-electron chi connectivity index (χ4n) is 2.12. The third kappa shape index (κ3) is 5.49. The van der Waals surface area contributed by atoms with E-state index in [4.69, 9.17) is 4.74 Å². The van der Waals surface area contributed by atoms with Crippen molar-refractivity contribution in [1.82, 2.24) is 0 Å². The Labute approximate surface area is 147 Å². The molecule has 0 aliphatic carbocycles. The van der Waals surface area contributed by atoms with E-state index in [2.05, 4.69) is 10.1 Å². The lowest BCUT2D eigenvalue weighted by Crippen LogP contribution is -2.08. The van der Waals surface area contributed by atoms with Crippen molar-refractivity contribution < 1.29 is 19.1 Å². The zero-order chi connectivity index (χ0) is 18.1. The first-order chi connectivity index (χ1) is 12.1. The molecule has 0 heterocycles. The van der Waals surface area contributed by atoms with E-state index in [1.165, 1.54) is 13.2 Å². The molecule has 0 atom stereocenters. The van der Waals surface area contributed by atoms with Gasteiger partial charge in [0.2, 0.25) is 5.91 Å². The number of anilines is 1. The van der Waals surface area contributed by atoms with Crippen LogP contribution < -0.4 is 10.1 Å². The number of rotatable bonds is 7. The largest absolute Gasteiger partial charge is 0.493 e. The average molecular weight is 339 g/mol. The number of benzene rings is 2. The van der Waals surface area contributed by atoms with Gasteiger partial charge in [0, 0.05) is 17.3 Å². The van der Waals surface area contributed by atoms with Gasteiger partial charge >= 0.3 is 5.97 Å². The van der Waals surface area contributed by atoms with Gasteiger partial charge < -0.3 is 14.8 Å². The van der Waals surface area contributed by atoms with Crippen LogP contribution in [0, 0.1) is 0 Å². The number of para-hydroxylation sites is 1. The highest BCUT2D eigenvalue weighted by atomic mass is 16.5. The first-order valence-corrected chi connectivity index (χ1v) is 8.03. The van der Waals surface area contributed by atoms with Gasteiger partial charge in [-0.05, 0) is 42.8 Å². The van der Waals surface area contributed by atoms with Crippen LogP contribution >= 0.6 is 0 Å². The second-order valence-electron chi connectivity index (χ2n) is 5.28. The molecule has 5 heteroatoms. The number of ether oxygens (including phenoxy) is 2. The van der Waals surface area contributed by atoms with E-state index >= 15 is 0 Å². The van der Waals surface area contributed by atoms with Crippen LogP contribution in [0.15, 0.2) is 54.6 Å². The Balaban J connectivity index is 2.00. The van der Waals surface area contributed by atoms with Crippen molar-refractivity contribution >= 4 is 23.6 Å². The van der Waals surface area contributed by atoms with E-state index in [-0.39, 0.29) is 5.91 Å². The van der Waals surface area contributed by atoms with Gasteiger partial charge in [0.1, 0.15) is 5.75 Å². The van der Waals surface area contributed by atoms with Crippen LogP contribution in [0.4, 0.5) is 5.69 Å². The van der Waals surface area contributed by atoms with Gasteiger partial charge in [0.15, 0.2) is 0 Å². The fourth-order valence-corrected chi connectivity index (χ4v) is 2.12. The van der Waals surface area contributed by atoms with Crippen LogP contribution in [0.3, 0.4) is 0 Å². The molecule has 0 aliphatic heterocycles. The molecular formula is C20H21NO4. The molecule has 1 N–H and O–H groups in total. The lowest BCUT2D eigenvalue weighted by molar-refractivity contribution is -0.111. The summed E-state index contributed by atoms with van der Waals surface area (Å²) in [5, 5.41) is 2.74. The number of nitrogens with one attached hydrogen (secondary N) is 1. The van der Waals surface area contributed by atoms with Crippen LogP contribution in [0.1, 0.15) is 29.3 Å². The maximum Gasteiger partial charge on any atom is 0.337 e. The first kappa shape index (κ1) is 18.3. The number of esters is 1. The van der Waals surface area contributed by atoms with Gasteiger partial charge in [0.25, 0.3) is 0 Å². The van der Waals surface area contributed by atoms with Crippen molar-refractivity contribution in [2.24, 2.45) is 0 Å². The van der Waals surface area contributed by atoms with E-state index in [1.54, 1.807) is 30.3 Å². The molecule has 130 valence electrons. The molecule has 2 aromatic rings. The Bertz CT molecular complexity index is 751. The van der Waals surface area contributed by atoms with Crippen molar-refractivity contribution in [3.8, 4) is 5.75 Å². The molecule has 25 heavy (non-hydrogen) atoms. The molecule has 2 rings (SSSR count). The summed E-state index contributed by atoms with van der Waals surface area (Å²) in [4.78, 5) is 23.4. The van der Waals surface area contributed by atoms with Crippen LogP contribution in [-0.2, 0) is 9.53 Å². The summed E-state index contributed by atoms with van der Waals surface area (Å²) in [7, 11) is 1.32. The molecule has 0 fully saturated rings. The second-order valence-corrected chi connectivity index (χ2v) is 5.28. The molecule has 0 aromatic heterocycles. The summed E-state index contributed by atoms with van der Waals surface area (Å²) in [5.41, 5.74) is 1.86. The molecule has 1 amide bonds. The Kier molecular flexibility index (Phi) is 6.77. The number of methoxy groups -OCH3 is 1. The zero-order valence-electron chi connectivity index (χ0n) is 14.3. The Morgan fingerprint density at radius 1 is 1.08 bits per heavy atom. The molecule has 0 saturated heterocycles. The summed E-state index contributed by atoms with van der Waals surface area (Å²) < 4.78 is 10.3. The van der Waals surface area contributed by atoms with Crippen molar-refractivity contribution in [1.29, 1.82) is 0 Å². The predicted molar refractivity (Wildman–Crippen MR) is 97.7 cm³/mol. The maximum atomic E-state index is 12.1. The molecule has 0 aliphatic rings. The lowest BCUT2D eigenvalue weighted by Gasteiger charge is -2.07. The molecular weight excluding hydrogens is 318 g/mol. The van der Waals surface area contributed by atoms with E-state index in [0.29, 0.717) is 17.9 Å². The zero-order valence-corrected chi connectivity index (χ0v) is 14.3. The Morgan fingerprint density at radius 2 is 1.80 bits per heavy atom. The van der Waals surface area contributed by atoms with Crippen molar-refractivity contribution in [2.75, 3.05) is 19.0 Å². The standard InChI is InChI=1S/C20H21NO4/c1-3-14-25-18-7-5-4-6-15(18)10-13-19(22)21-17-11-8-16(9-12-17)20(23)24-2/h4-13H,3,14H2,1-2H3,(H,21,22). The molecule has 0 bridgehead atoms. The van der Waals surface area contributed by atoms with E-state index in [1.807, 2.05) is 31.2 Å². The fraction of sp³-hybridized carbons (Fsp3) is 0.200. The monoisotopic (exact) mass is 339 g/mol. The molecule has 0 saturated carbocycles. The minimum Gasteiger partial charge on any atom is -0.493 e. The van der Waals surface area contributed by atoms with Gasteiger partial charge in [-0.1, -0.05) is 25.1 Å². The topological polar surface area (TPSA) is 64.6 Å². The van der Waals surface area contributed by atoms with E-state index in [0.717, 1.165) is 17.7 Å². The summed E-state index contributed by atoms with van der Waals surface area (Å²) in [6.45, 7) is 2.67. The maximum absolute atomic E-state index is 12.1. The van der Waals surface area contributed by atoms with Crippen LogP contribution in [0.2, 0.25) is 0 Å². The van der Waals surface area contributed by atoms with Gasteiger partial charge in [-0.25, -0.2) is 4.79 Å². The summed E-state index contributed by atoms with van der Waals surface area (Å²) >= 11 is 0. The first-order valence-electron chi connectivity index (χ1n) is 8.03. The van der Waals surface area contributed by atoms with Crippen molar-refractivity contribution in [3.63, 3.8) is 0 Å². The molecule has 0 spiro atoms.